The molecule has 2 aliphatic rings. The zero-order valence-electron chi connectivity index (χ0n) is 17.0. The van der Waals surface area contributed by atoms with Crippen LogP contribution in [0.15, 0.2) is 54.6 Å². The molecule has 4 N–H and O–H groups in total. The molecule has 1 aromatic heterocycles. The fraction of sp³-hybridized carbons (Fsp3) is 0.0435. The quantitative estimate of drug-likeness (QED) is 0.363. The number of nitrogens with zero attached hydrogens (tertiary/aromatic N) is 3. The van der Waals surface area contributed by atoms with Crippen molar-refractivity contribution >= 4 is 35.2 Å². The van der Waals surface area contributed by atoms with Gasteiger partial charge in [-0.25, -0.2) is 4.79 Å². The molecule has 0 saturated carbocycles. The van der Waals surface area contributed by atoms with Gasteiger partial charge in [0.2, 0.25) is 17.2 Å². The summed E-state index contributed by atoms with van der Waals surface area (Å²) in [6.45, 7) is 0. The Hall–Kier alpha value is -4.57. The molecular formula is C23H13ClN5O5. The van der Waals surface area contributed by atoms with Crippen LogP contribution in [0.4, 0.5) is 17.6 Å². The zero-order chi connectivity index (χ0) is 23.6. The van der Waals surface area contributed by atoms with Crippen molar-refractivity contribution in [2.75, 3.05) is 5.32 Å². The van der Waals surface area contributed by atoms with Gasteiger partial charge in [-0.15, -0.1) is 0 Å². The molecule has 2 aliphatic heterocycles. The minimum Gasteiger partial charge on any atom is -0.508 e. The largest absolute Gasteiger partial charge is 0.508 e. The molecule has 0 saturated heterocycles. The van der Waals surface area contributed by atoms with E-state index in [1.165, 1.54) is 24.3 Å². The van der Waals surface area contributed by atoms with Gasteiger partial charge in [-0.2, -0.15) is 15.0 Å². The first-order valence-electron chi connectivity index (χ1n) is 9.96. The summed E-state index contributed by atoms with van der Waals surface area (Å²) in [5.41, 5.74) is 8.60. The maximum Gasteiger partial charge on any atom is 0.340 e. The molecule has 167 valence electrons. The van der Waals surface area contributed by atoms with Gasteiger partial charge in [0.25, 0.3) is 0 Å². The van der Waals surface area contributed by atoms with Gasteiger partial charge in [-0.3, -0.25) is 5.73 Å². The molecule has 0 aliphatic carbocycles. The van der Waals surface area contributed by atoms with Gasteiger partial charge in [0.1, 0.15) is 23.0 Å². The van der Waals surface area contributed by atoms with Gasteiger partial charge < -0.3 is 25.0 Å². The highest BCUT2D eigenvalue weighted by Gasteiger charge is 2.53. The molecule has 1 spiro atoms. The summed E-state index contributed by atoms with van der Waals surface area (Å²) < 4.78 is 12.0. The molecule has 4 aromatic rings. The van der Waals surface area contributed by atoms with E-state index in [9.17, 15) is 15.0 Å². The van der Waals surface area contributed by atoms with E-state index < -0.39 is 11.6 Å². The third kappa shape index (κ3) is 2.89. The van der Waals surface area contributed by atoms with Gasteiger partial charge in [0.15, 0.2) is 5.60 Å². The Labute approximate surface area is 196 Å². The van der Waals surface area contributed by atoms with Gasteiger partial charge in [-0.1, -0.05) is 0 Å². The zero-order valence-corrected chi connectivity index (χ0v) is 17.8. The van der Waals surface area contributed by atoms with Crippen molar-refractivity contribution in [2.24, 2.45) is 0 Å². The Morgan fingerprint density at radius 2 is 1.56 bits per heavy atom. The minimum atomic E-state index is -1.40. The maximum absolute atomic E-state index is 13.0. The lowest BCUT2D eigenvalue weighted by Gasteiger charge is -2.36. The van der Waals surface area contributed by atoms with Crippen molar-refractivity contribution in [2.45, 2.75) is 5.60 Å². The minimum absolute atomic E-state index is 0.0321. The number of esters is 1. The van der Waals surface area contributed by atoms with E-state index in [2.05, 4.69) is 20.3 Å². The van der Waals surface area contributed by atoms with Crippen LogP contribution in [0, 0.1) is 0 Å². The number of hydrogen-bond donors (Lipinski definition) is 3. The second-order valence-corrected chi connectivity index (χ2v) is 8.01. The number of phenolic OH excluding ortho intramolecular Hbond substituents is 2. The average Bonchev–Trinajstić information content (AvgIpc) is 3.05. The molecule has 0 amide bonds. The van der Waals surface area contributed by atoms with Crippen molar-refractivity contribution in [3.8, 4) is 23.0 Å². The summed E-state index contributed by atoms with van der Waals surface area (Å²) in [5.74, 6) is -0.290. The number of hydrogen-bond acceptors (Lipinski definition) is 9. The molecule has 34 heavy (non-hydrogen) atoms. The molecule has 3 aromatic carbocycles. The van der Waals surface area contributed by atoms with E-state index >= 15 is 0 Å². The van der Waals surface area contributed by atoms with Crippen LogP contribution in [-0.2, 0) is 10.3 Å². The van der Waals surface area contributed by atoms with Gasteiger partial charge in [0, 0.05) is 34.5 Å². The summed E-state index contributed by atoms with van der Waals surface area (Å²) in [7, 11) is 0. The number of halogens is 1. The predicted molar refractivity (Wildman–Crippen MR) is 119 cm³/mol. The lowest BCUT2D eigenvalue weighted by atomic mass is 9.77. The number of aromatic nitrogens is 3. The molecule has 10 nitrogen and oxygen atoms in total. The number of aromatic hydroxyl groups is 2. The maximum atomic E-state index is 13.0. The summed E-state index contributed by atoms with van der Waals surface area (Å²) >= 11 is 5.84. The SMILES string of the molecule is [NH]c1nc(Cl)nc(Nc2ccc3c(c2)C2(OC3=O)c3ccc(O)cc3Oc3cc(O)ccc32)n1. The molecule has 0 unspecified atom stereocenters. The first-order chi connectivity index (χ1) is 16.3. The second kappa shape index (κ2) is 6.96. The van der Waals surface area contributed by atoms with Gasteiger partial charge in [-0.05, 0) is 54.1 Å². The van der Waals surface area contributed by atoms with Crippen molar-refractivity contribution in [3.05, 3.63) is 82.1 Å². The van der Waals surface area contributed by atoms with Crippen LogP contribution in [0.2, 0.25) is 5.28 Å². The Balaban J connectivity index is 1.57. The van der Waals surface area contributed by atoms with Crippen molar-refractivity contribution in [3.63, 3.8) is 0 Å². The first kappa shape index (κ1) is 20.1. The predicted octanol–water partition coefficient (Wildman–Crippen LogP) is 4.16. The standard InChI is InChI=1S/C23H13ClN5O5/c24-20-27-21(25)29-22(28-20)26-10-1-4-13-16(7-10)23(34-19(13)32)14-5-2-11(30)8-17(14)33-18-9-12(31)3-6-15(18)23/h1-9,25,30-31H,(H,26,27,28,29). The fourth-order valence-electron chi connectivity index (χ4n) is 4.31. The van der Waals surface area contributed by atoms with E-state index in [4.69, 9.17) is 26.8 Å². The highest BCUT2D eigenvalue weighted by atomic mass is 35.5. The summed E-state index contributed by atoms with van der Waals surface area (Å²) in [4.78, 5) is 24.5. The van der Waals surface area contributed by atoms with E-state index in [0.29, 0.717) is 27.9 Å². The number of rotatable bonds is 2. The molecular weight excluding hydrogens is 462 g/mol. The number of phenols is 2. The number of benzene rings is 3. The highest BCUT2D eigenvalue weighted by Crippen LogP contribution is 2.57. The van der Waals surface area contributed by atoms with Crippen molar-refractivity contribution in [1.82, 2.24) is 20.7 Å². The van der Waals surface area contributed by atoms with Crippen LogP contribution >= 0.6 is 11.6 Å². The van der Waals surface area contributed by atoms with Crippen LogP contribution in [-0.4, -0.2) is 31.1 Å². The Bertz CT molecular complexity index is 1450. The number of ether oxygens (including phenoxy) is 2. The van der Waals surface area contributed by atoms with Crippen LogP contribution in [0.3, 0.4) is 0 Å². The molecule has 1 radical (unpaired) electrons. The van der Waals surface area contributed by atoms with Gasteiger partial charge >= 0.3 is 5.97 Å². The number of carbonyl (C=O) groups excluding carboxylic acids is 1. The number of nitrogens with one attached hydrogen (secondary N) is 2. The lowest BCUT2D eigenvalue weighted by molar-refractivity contribution is 0.0224. The summed E-state index contributed by atoms with van der Waals surface area (Å²) in [5, 5.41) is 22.9. The Morgan fingerprint density at radius 3 is 2.21 bits per heavy atom. The lowest BCUT2D eigenvalue weighted by Crippen LogP contribution is -2.33. The molecule has 0 atom stereocenters. The fourth-order valence-corrected chi connectivity index (χ4v) is 4.47. The third-order valence-electron chi connectivity index (χ3n) is 5.64. The third-order valence-corrected chi connectivity index (χ3v) is 5.81. The molecule has 11 heteroatoms. The smallest absolute Gasteiger partial charge is 0.340 e. The molecule has 3 heterocycles. The monoisotopic (exact) mass is 474 g/mol. The normalized spacial score (nSPS) is 14.6. The second-order valence-electron chi connectivity index (χ2n) is 7.67. The topological polar surface area (TPSA) is 150 Å². The van der Waals surface area contributed by atoms with Crippen LogP contribution in [0.25, 0.3) is 0 Å². The van der Waals surface area contributed by atoms with Crippen molar-refractivity contribution in [1.29, 1.82) is 0 Å². The molecule has 6 rings (SSSR count). The number of carbonyl (C=O) groups is 1. The van der Waals surface area contributed by atoms with E-state index in [-0.39, 0.29) is 40.2 Å². The number of fused-ring (bicyclic) bond motifs is 6. The van der Waals surface area contributed by atoms with E-state index in [0.717, 1.165) is 0 Å². The van der Waals surface area contributed by atoms with Crippen molar-refractivity contribution < 1.29 is 24.5 Å². The highest BCUT2D eigenvalue weighted by molar-refractivity contribution is 6.28. The van der Waals surface area contributed by atoms with E-state index in [1.807, 2.05) is 0 Å². The number of anilines is 2. The van der Waals surface area contributed by atoms with Crippen LogP contribution in [0.1, 0.15) is 27.0 Å². The van der Waals surface area contributed by atoms with Gasteiger partial charge in [0.05, 0.1) is 5.56 Å². The summed E-state index contributed by atoms with van der Waals surface area (Å²) in [6.07, 6.45) is 0. The van der Waals surface area contributed by atoms with Crippen LogP contribution < -0.4 is 15.8 Å². The Morgan fingerprint density at radius 1 is 0.882 bits per heavy atom. The first-order valence-corrected chi connectivity index (χ1v) is 10.3. The molecule has 0 bridgehead atoms. The summed E-state index contributed by atoms with van der Waals surface area (Å²) in [6, 6.07) is 14.0. The average molecular weight is 475 g/mol. The Kier molecular flexibility index (Phi) is 4.11. The van der Waals surface area contributed by atoms with Crippen LogP contribution in [0.5, 0.6) is 23.0 Å². The molecule has 0 fully saturated rings. The van der Waals surface area contributed by atoms with E-state index in [1.54, 1.807) is 30.3 Å².